The molecule has 1 heterocycles. The highest BCUT2D eigenvalue weighted by atomic mass is 16.5. The lowest BCUT2D eigenvalue weighted by Crippen LogP contribution is -2.05. The zero-order valence-corrected chi connectivity index (χ0v) is 9.97. The number of hydrogen-bond donors (Lipinski definition) is 1. The van der Waals surface area contributed by atoms with Crippen molar-refractivity contribution in [2.75, 3.05) is 20.0 Å². The molecule has 0 aliphatic heterocycles. The number of esters is 1. The summed E-state index contributed by atoms with van der Waals surface area (Å²) in [7, 11) is 2.79. The predicted molar refractivity (Wildman–Crippen MR) is 64.2 cm³/mol. The third kappa shape index (κ3) is 1.88. The van der Waals surface area contributed by atoms with E-state index < -0.39 is 5.97 Å². The zero-order chi connectivity index (χ0) is 13.1. The van der Waals surface area contributed by atoms with Gasteiger partial charge in [0.1, 0.15) is 11.4 Å². The van der Waals surface area contributed by atoms with E-state index in [0.29, 0.717) is 17.0 Å². The summed E-state index contributed by atoms with van der Waals surface area (Å²) in [6.07, 6.45) is 0. The van der Waals surface area contributed by atoms with Gasteiger partial charge in [0.2, 0.25) is 5.88 Å². The monoisotopic (exact) mass is 248 g/mol. The van der Waals surface area contributed by atoms with Gasteiger partial charge in [0, 0.05) is 5.56 Å². The molecule has 18 heavy (non-hydrogen) atoms. The Morgan fingerprint density at radius 1 is 1.33 bits per heavy atom. The molecule has 0 atom stereocenters. The number of methoxy groups -OCH3 is 2. The number of carbonyl (C=O) groups is 1. The number of hydrogen-bond acceptors (Lipinski definition) is 6. The van der Waals surface area contributed by atoms with E-state index in [4.69, 9.17) is 15.0 Å². The molecule has 0 saturated carbocycles. The first-order valence-electron chi connectivity index (χ1n) is 5.16. The van der Waals surface area contributed by atoms with Crippen molar-refractivity contribution in [3.63, 3.8) is 0 Å². The molecule has 0 radical (unpaired) electrons. The van der Waals surface area contributed by atoms with Crippen LogP contribution in [0.4, 0.5) is 5.88 Å². The molecule has 6 heteroatoms. The summed E-state index contributed by atoms with van der Waals surface area (Å²) < 4.78 is 14.7. The lowest BCUT2D eigenvalue weighted by atomic mass is 10.1. The molecule has 0 aliphatic carbocycles. The first-order chi connectivity index (χ1) is 8.69. The van der Waals surface area contributed by atoms with Crippen LogP contribution < -0.4 is 10.5 Å². The van der Waals surface area contributed by atoms with Gasteiger partial charge >= 0.3 is 5.97 Å². The van der Waals surface area contributed by atoms with Gasteiger partial charge in [0.05, 0.1) is 14.2 Å². The van der Waals surface area contributed by atoms with Crippen LogP contribution in [0.2, 0.25) is 0 Å². The summed E-state index contributed by atoms with van der Waals surface area (Å²) in [5.41, 5.74) is 6.59. The topological polar surface area (TPSA) is 87.6 Å². The fraction of sp³-hybridized carbons (Fsp3) is 0.167. The molecule has 0 aliphatic rings. The van der Waals surface area contributed by atoms with Crippen molar-refractivity contribution in [2.24, 2.45) is 0 Å². The number of para-hydroxylation sites is 1. The maximum absolute atomic E-state index is 11.6. The number of nitrogen functional groups attached to an aromatic ring is 1. The Hall–Kier alpha value is -2.50. The fourth-order valence-electron chi connectivity index (χ4n) is 1.63. The molecule has 0 unspecified atom stereocenters. The van der Waals surface area contributed by atoms with E-state index in [1.807, 2.05) is 6.07 Å². The molecule has 1 aromatic heterocycles. The van der Waals surface area contributed by atoms with Gasteiger partial charge in [-0.25, -0.2) is 4.79 Å². The summed E-state index contributed by atoms with van der Waals surface area (Å²) in [6, 6.07) is 7.11. The van der Waals surface area contributed by atoms with Gasteiger partial charge in [-0.05, 0) is 12.1 Å². The molecule has 2 aromatic rings. The summed E-state index contributed by atoms with van der Waals surface area (Å²) in [5.74, 6) is -0.117. The van der Waals surface area contributed by atoms with E-state index >= 15 is 0 Å². The van der Waals surface area contributed by atoms with Crippen molar-refractivity contribution in [1.82, 2.24) is 5.16 Å². The Morgan fingerprint density at radius 3 is 2.72 bits per heavy atom. The van der Waals surface area contributed by atoms with E-state index in [-0.39, 0.29) is 11.4 Å². The Labute approximate surface area is 103 Å². The van der Waals surface area contributed by atoms with Crippen molar-refractivity contribution in [3.05, 3.63) is 29.8 Å². The van der Waals surface area contributed by atoms with Crippen LogP contribution in [0.5, 0.6) is 5.75 Å². The number of benzene rings is 1. The van der Waals surface area contributed by atoms with Crippen molar-refractivity contribution < 1.29 is 18.8 Å². The molecule has 2 N–H and O–H groups in total. The minimum atomic E-state index is -0.602. The highest BCUT2D eigenvalue weighted by Crippen LogP contribution is 2.33. The molecule has 6 nitrogen and oxygen atoms in total. The second kappa shape index (κ2) is 4.79. The molecule has 0 bridgehead atoms. The van der Waals surface area contributed by atoms with Crippen molar-refractivity contribution in [2.45, 2.75) is 0 Å². The average molecular weight is 248 g/mol. The van der Waals surface area contributed by atoms with Crippen LogP contribution in [-0.4, -0.2) is 25.3 Å². The quantitative estimate of drug-likeness (QED) is 0.832. The van der Waals surface area contributed by atoms with Crippen molar-refractivity contribution >= 4 is 11.9 Å². The molecule has 0 saturated heterocycles. The fourth-order valence-corrected chi connectivity index (χ4v) is 1.63. The third-order valence-electron chi connectivity index (χ3n) is 2.47. The van der Waals surface area contributed by atoms with Gasteiger partial charge in [0.25, 0.3) is 0 Å². The van der Waals surface area contributed by atoms with Gasteiger partial charge < -0.3 is 19.7 Å². The number of ether oxygens (including phenoxy) is 2. The molecule has 0 spiro atoms. The maximum Gasteiger partial charge on any atom is 0.345 e. The van der Waals surface area contributed by atoms with E-state index in [1.165, 1.54) is 14.2 Å². The average Bonchev–Trinajstić information content (AvgIpc) is 2.79. The number of aromatic nitrogens is 1. The second-order valence-electron chi connectivity index (χ2n) is 3.46. The molecule has 2 rings (SSSR count). The molecule has 94 valence electrons. The van der Waals surface area contributed by atoms with Gasteiger partial charge in [-0.1, -0.05) is 17.3 Å². The Bertz CT molecular complexity index is 577. The second-order valence-corrected chi connectivity index (χ2v) is 3.46. The normalized spacial score (nSPS) is 10.1. The summed E-state index contributed by atoms with van der Waals surface area (Å²) >= 11 is 0. The van der Waals surface area contributed by atoms with Crippen molar-refractivity contribution in [3.8, 4) is 17.0 Å². The smallest absolute Gasteiger partial charge is 0.345 e. The standard InChI is InChI=1S/C12H12N2O4/c1-16-8-6-4-3-5-7(8)10-9(12(15)17-2)11(13)18-14-10/h3-6H,13H2,1-2H3. The number of nitrogens with zero attached hydrogens (tertiary/aromatic N) is 1. The highest BCUT2D eigenvalue weighted by molar-refractivity contribution is 6.00. The number of anilines is 1. The molecule has 1 aromatic carbocycles. The molecular formula is C12H12N2O4. The van der Waals surface area contributed by atoms with Crippen LogP contribution in [0.25, 0.3) is 11.3 Å². The van der Waals surface area contributed by atoms with E-state index in [1.54, 1.807) is 18.2 Å². The summed E-state index contributed by atoms with van der Waals surface area (Å²) in [5, 5.41) is 3.78. The minimum absolute atomic E-state index is 0.0808. The van der Waals surface area contributed by atoms with Gasteiger partial charge in [-0.15, -0.1) is 0 Å². The summed E-state index contributed by atoms with van der Waals surface area (Å²) in [4.78, 5) is 11.6. The predicted octanol–water partition coefficient (Wildman–Crippen LogP) is 1.72. The first kappa shape index (κ1) is 12.0. The van der Waals surface area contributed by atoms with Gasteiger partial charge in [-0.2, -0.15) is 0 Å². The third-order valence-corrected chi connectivity index (χ3v) is 2.47. The number of rotatable bonds is 3. The maximum atomic E-state index is 11.6. The van der Waals surface area contributed by atoms with Crippen LogP contribution >= 0.6 is 0 Å². The zero-order valence-electron chi connectivity index (χ0n) is 9.97. The Balaban J connectivity index is 2.61. The number of nitrogens with two attached hydrogens (primary N) is 1. The molecule has 0 amide bonds. The minimum Gasteiger partial charge on any atom is -0.496 e. The molecular weight excluding hydrogens is 236 g/mol. The molecule has 0 fully saturated rings. The first-order valence-corrected chi connectivity index (χ1v) is 5.16. The van der Waals surface area contributed by atoms with E-state index in [2.05, 4.69) is 9.89 Å². The lowest BCUT2D eigenvalue weighted by molar-refractivity contribution is 0.0602. The summed E-state index contributed by atoms with van der Waals surface area (Å²) in [6.45, 7) is 0. The Morgan fingerprint density at radius 2 is 2.06 bits per heavy atom. The highest BCUT2D eigenvalue weighted by Gasteiger charge is 2.24. The van der Waals surface area contributed by atoms with Gasteiger partial charge in [0.15, 0.2) is 5.56 Å². The number of carbonyl (C=O) groups excluding carboxylic acids is 1. The Kier molecular flexibility index (Phi) is 3.18. The SMILES string of the molecule is COC(=O)c1c(-c2ccccc2OC)noc1N. The van der Waals surface area contributed by atoms with E-state index in [9.17, 15) is 4.79 Å². The van der Waals surface area contributed by atoms with Gasteiger partial charge in [-0.3, -0.25) is 0 Å². The van der Waals surface area contributed by atoms with Crippen LogP contribution in [0.1, 0.15) is 10.4 Å². The van der Waals surface area contributed by atoms with Crippen LogP contribution in [0.3, 0.4) is 0 Å². The van der Waals surface area contributed by atoms with Crippen LogP contribution in [-0.2, 0) is 4.74 Å². The van der Waals surface area contributed by atoms with Crippen LogP contribution in [0.15, 0.2) is 28.8 Å². The van der Waals surface area contributed by atoms with Crippen molar-refractivity contribution in [1.29, 1.82) is 0 Å². The largest absolute Gasteiger partial charge is 0.496 e. The van der Waals surface area contributed by atoms with Crippen LogP contribution in [0, 0.1) is 0 Å². The lowest BCUT2D eigenvalue weighted by Gasteiger charge is -2.06. The van der Waals surface area contributed by atoms with E-state index in [0.717, 1.165) is 0 Å².